The molecule has 0 heterocycles. The van der Waals surface area contributed by atoms with Crippen molar-refractivity contribution >= 4 is 43.5 Å². The van der Waals surface area contributed by atoms with Crippen LogP contribution in [0, 0.1) is 0 Å². The highest BCUT2D eigenvalue weighted by Gasteiger charge is 2.24. The second kappa shape index (κ2) is 8.34. The molecule has 3 nitrogen and oxygen atoms in total. The van der Waals surface area contributed by atoms with Gasteiger partial charge in [-0.15, -0.1) is 0 Å². The van der Waals surface area contributed by atoms with Crippen molar-refractivity contribution in [3.05, 3.63) is 60.2 Å². The molecule has 0 spiro atoms. The number of halogens is 2. The Hall–Kier alpha value is -1.33. The zero-order chi connectivity index (χ0) is 15.9. The van der Waals surface area contributed by atoms with Crippen molar-refractivity contribution in [3.8, 4) is 5.75 Å². The molecule has 2 aromatic carbocycles. The number of anilines is 1. The van der Waals surface area contributed by atoms with Gasteiger partial charge < -0.3 is 10.1 Å². The molecule has 0 aromatic heterocycles. The Labute approximate surface area is 147 Å². The number of nitrogens with one attached hydrogen (secondary N) is 1. The second-order valence-electron chi connectivity index (χ2n) is 4.66. The lowest BCUT2D eigenvalue weighted by atomic mass is 10.1. The number of carbonyl (C=O) groups is 1. The van der Waals surface area contributed by atoms with Crippen LogP contribution < -0.4 is 10.1 Å². The van der Waals surface area contributed by atoms with Gasteiger partial charge in [-0.25, -0.2) is 0 Å². The Balaban J connectivity index is 1.99. The zero-order valence-corrected chi connectivity index (χ0v) is 15.3. The Morgan fingerprint density at radius 2 is 1.73 bits per heavy atom. The molecule has 2 aromatic rings. The topological polar surface area (TPSA) is 38.3 Å². The molecule has 0 unspecified atom stereocenters. The fourth-order valence-corrected chi connectivity index (χ4v) is 2.92. The first-order valence-electron chi connectivity index (χ1n) is 6.98. The summed E-state index contributed by atoms with van der Waals surface area (Å²) in [6.45, 7) is 2.56. The molecule has 0 aliphatic carbocycles. The third-order valence-electron chi connectivity index (χ3n) is 3.06. The summed E-state index contributed by atoms with van der Waals surface area (Å²) in [7, 11) is 0. The molecule has 22 heavy (non-hydrogen) atoms. The first kappa shape index (κ1) is 17.0. The van der Waals surface area contributed by atoms with E-state index in [0.717, 1.165) is 17.0 Å². The molecular formula is C17H17Br2NO2. The van der Waals surface area contributed by atoms with E-state index in [1.54, 1.807) is 0 Å². The molecule has 116 valence electrons. The van der Waals surface area contributed by atoms with Gasteiger partial charge in [0.25, 0.3) is 0 Å². The zero-order valence-electron chi connectivity index (χ0n) is 12.1. The lowest BCUT2D eigenvalue weighted by Gasteiger charge is -2.17. The standard InChI is InChI=1S/C17H17Br2NO2/c1-2-22-14-10-8-13(9-11-14)20-17(21)16(19)15(18)12-6-4-3-5-7-12/h3-11,15-16H,2H2,1H3,(H,20,21)/t15-,16-/m0/s1. The van der Waals surface area contributed by atoms with Crippen LogP contribution in [-0.2, 0) is 4.79 Å². The average molecular weight is 427 g/mol. The fraction of sp³-hybridized carbons (Fsp3) is 0.235. The highest BCUT2D eigenvalue weighted by molar-refractivity contribution is 9.12. The molecule has 2 rings (SSSR count). The van der Waals surface area contributed by atoms with Crippen molar-refractivity contribution in [3.63, 3.8) is 0 Å². The van der Waals surface area contributed by atoms with E-state index >= 15 is 0 Å². The highest BCUT2D eigenvalue weighted by atomic mass is 79.9. The minimum Gasteiger partial charge on any atom is -0.494 e. The van der Waals surface area contributed by atoms with Gasteiger partial charge in [0.05, 0.1) is 11.4 Å². The summed E-state index contributed by atoms with van der Waals surface area (Å²) >= 11 is 7.03. The molecule has 1 amide bonds. The van der Waals surface area contributed by atoms with E-state index in [0.29, 0.717) is 6.61 Å². The molecular weight excluding hydrogens is 410 g/mol. The Kier molecular flexibility index (Phi) is 6.46. The van der Waals surface area contributed by atoms with E-state index < -0.39 is 0 Å². The second-order valence-corrected chi connectivity index (χ2v) is 6.63. The summed E-state index contributed by atoms with van der Waals surface area (Å²) in [5.41, 5.74) is 1.79. The summed E-state index contributed by atoms with van der Waals surface area (Å²) in [6, 6.07) is 17.2. The van der Waals surface area contributed by atoms with Gasteiger partial charge in [-0.3, -0.25) is 4.79 Å². The largest absolute Gasteiger partial charge is 0.494 e. The van der Waals surface area contributed by atoms with E-state index in [-0.39, 0.29) is 15.6 Å². The summed E-state index contributed by atoms with van der Waals surface area (Å²) < 4.78 is 5.38. The average Bonchev–Trinajstić information content (AvgIpc) is 2.56. The van der Waals surface area contributed by atoms with E-state index in [4.69, 9.17) is 4.74 Å². The first-order valence-corrected chi connectivity index (χ1v) is 8.81. The van der Waals surface area contributed by atoms with E-state index in [2.05, 4.69) is 37.2 Å². The van der Waals surface area contributed by atoms with Crippen LogP contribution in [0.15, 0.2) is 54.6 Å². The molecule has 5 heteroatoms. The number of rotatable bonds is 6. The molecule has 0 radical (unpaired) electrons. The summed E-state index contributed by atoms with van der Waals surface area (Å²) in [5.74, 6) is 0.688. The van der Waals surface area contributed by atoms with Gasteiger partial charge in [-0.2, -0.15) is 0 Å². The molecule has 0 aliphatic heterocycles. The van der Waals surface area contributed by atoms with Crippen molar-refractivity contribution in [2.24, 2.45) is 0 Å². The minimum atomic E-state index is -0.374. The van der Waals surface area contributed by atoms with E-state index in [9.17, 15) is 4.79 Å². The Morgan fingerprint density at radius 1 is 1.09 bits per heavy atom. The molecule has 0 saturated carbocycles. The lowest BCUT2D eigenvalue weighted by molar-refractivity contribution is -0.115. The van der Waals surface area contributed by atoms with Crippen LogP contribution in [0.25, 0.3) is 0 Å². The molecule has 1 N–H and O–H groups in total. The van der Waals surface area contributed by atoms with E-state index in [1.807, 2.05) is 61.5 Å². The SMILES string of the molecule is CCOc1ccc(NC(=O)[C@@H](Br)[C@@H](Br)c2ccccc2)cc1. The maximum absolute atomic E-state index is 12.3. The van der Waals surface area contributed by atoms with Crippen molar-refractivity contribution in [2.45, 2.75) is 16.6 Å². The number of amides is 1. The van der Waals surface area contributed by atoms with Crippen LogP contribution in [0.2, 0.25) is 0 Å². The summed E-state index contributed by atoms with van der Waals surface area (Å²) in [4.78, 5) is 11.8. The first-order chi connectivity index (χ1) is 10.6. The van der Waals surface area contributed by atoms with Crippen LogP contribution in [-0.4, -0.2) is 17.3 Å². The molecule has 0 saturated heterocycles. The van der Waals surface area contributed by atoms with Gasteiger partial charge in [-0.1, -0.05) is 62.2 Å². The number of ether oxygens (including phenoxy) is 1. The van der Waals surface area contributed by atoms with Crippen LogP contribution >= 0.6 is 31.9 Å². The molecule has 0 fully saturated rings. The third-order valence-corrected chi connectivity index (χ3v) is 5.77. The summed E-state index contributed by atoms with van der Waals surface area (Å²) in [6.07, 6.45) is 0. The summed E-state index contributed by atoms with van der Waals surface area (Å²) in [5, 5.41) is 2.89. The van der Waals surface area contributed by atoms with Crippen LogP contribution in [0.3, 0.4) is 0 Å². The molecule has 0 aliphatic rings. The van der Waals surface area contributed by atoms with Crippen molar-refractivity contribution in [1.82, 2.24) is 0 Å². The van der Waals surface area contributed by atoms with Gasteiger partial charge in [-0.05, 0) is 36.8 Å². The number of alkyl halides is 2. The van der Waals surface area contributed by atoms with Crippen LogP contribution in [0.5, 0.6) is 5.75 Å². The number of hydrogen-bond donors (Lipinski definition) is 1. The normalized spacial score (nSPS) is 13.2. The Bertz CT molecular complexity index is 602. The predicted octanol–water partition coefficient (Wildman–Crippen LogP) is 4.92. The van der Waals surface area contributed by atoms with Crippen molar-refractivity contribution in [2.75, 3.05) is 11.9 Å². The number of benzene rings is 2. The maximum atomic E-state index is 12.3. The molecule has 2 atom stereocenters. The quantitative estimate of drug-likeness (QED) is 0.665. The van der Waals surface area contributed by atoms with Gasteiger partial charge in [0.15, 0.2) is 0 Å². The predicted molar refractivity (Wildman–Crippen MR) is 97.1 cm³/mol. The van der Waals surface area contributed by atoms with Gasteiger partial charge in [0.2, 0.25) is 5.91 Å². The van der Waals surface area contributed by atoms with Crippen molar-refractivity contribution < 1.29 is 9.53 Å². The van der Waals surface area contributed by atoms with E-state index in [1.165, 1.54) is 0 Å². The minimum absolute atomic E-state index is 0.101. The van der Waals surface area contributed by atoms with Gasteiger partial charge in [0, 0.05) is 5.69 Å². The monoisotopic (exact) mass is 425 g/mol. The maximum Gasteiger partial charge on any atom is 0.239 e. The van der Waals surface area contributed by atoms with Crippen LogP contribution in [0.4, 0.5) is 5.69 Å². The molecule has 0 bridgehead atoms. The van der Waals surface area contributed by atoms with Gasteiger partial charge >= 0.3 is 0 Å². The van der Waals surface area contributed by atoms with Crippen molar-refractivity contribution in [1.29, 1.82) is 0 Å². The third kappa shape index (κ3) is 4.58. The highest BCUT2D eigenvalue weighted by Crippen LogP contribution is 2.31. The fourth-order valence-electron chi connectivity index (χ4n) is 1.95. The van der Waals surface area contributed by atoms with Crippen LogP contribution in [0.1, 0.15) is 17.3 Å². The number of carbonyl (C=O) groups excluding carboxylic acids is 1. The number of hydrogen-bond acceptors (Lipinski definition) is 2. The van der Waals surface area contributed by atoms with Gasteiger partial charge in [0.1, 0.15) is 10.6 Å². The Morgan fingerprint density at radius 3 is 2.32 bits per heavy atom. The lowest BCUT2D eigenvalue weighted by Crippen LogP contribution is -2.26. The smallest absolute Gasteiger partial charge is 0.239 e.